The van der Waals surface area contributed by atoms with Gasteiger partial charge in [0.05, 0.1) is 12.3 Å². The van der Waals surface area contributed by atoms with E-state index in [1.165, 1.54) is 0 Å². The summed E-state index contributed by atoms with van der Waals surface area (Å²) < 4.78 is 5.59. The first-order valence-electron chi connectivity index (χ1n) is 6.74. The van der Waals surface area contributed by atoms with Crippen molar-refractivity contribution in [3.05, 3.63) is 58.6 Å². The summed E-state index contributed by atoms with van der Waals surface area (Å²) in [5.74, 6) is 0.640. The first-order chi connectivity index (χ1) is 10.2. The number of anilines is 1. The van der Waals surface area contributed by atoms with Crippen molar-refractivity contribution >= 4 is 34.8 Å². The second-order valence-electron chi connectivity index (χ2n) is 4.67. The molecule has 0 bridgehead atoms. The molecule has 0 aromatic heterocycles. The second kappa shape index (κ2) is 5.62. The van der Waals surface area contributed by atoms with Gasteiger partial charge in [-0.2, -0.15) is 0 Å². The molecule has 106 valence electrons. The minimum atomic E-state index is -0.126. The number of rotatable bonds is 3. The van der Waals surface area contributed by atoms with Gasteiger partial charge in [0.1, 0.15) is 5.75 Å². The first-order valence-corrected chi connectivity index (χ1v) is 7.11. The maximum Gasteiger partial charge on any atom is 0.256 e. The van der Waals surface area contributed by atoms with Crippen molar-refractivity contribution in [3.63, 3.8) is 0 Å². The smallest absolute Gasteiger partial charge is 0.256 e. The predicted molar refractivity (Wildman–Crippen MR) is 85.6 cm³/mol. The van der Waals surface area contributed by atoms with Crippen molar-refractivity contribution in [1.29, 1.82) is 0 Å². The number of amides is 1. The predicted octanol–water partition coefficient (Wildman–Crippen LogP) is 4.23. The van der Waals surface area contributed by atoms with Crippen LogP contribution in [0.3, 0.4) is 0 Å². The summed E-state index contributed by atoms with van der Waals surface area (Å²) >= 11 is 5.95. The van der Waals surface area contributed by atoms with Gasteiger partial charge in [0.25, 0.3) is 5.91 Å². The highest BCUT2D eigenvalue weighted by Gasteiger charge is 2.24. The average molecular weight is 300 g/mol. The van der Waals surface area contributed by atoms with E-state index in [2.05, 4.69) is 5.32 Å². The number of fused-ring (bicyclic) bond motifs is 1. The molecule has 1 N–H and O–H groups in total. The Labute approximate surface area is 128 Å². The van der Waals surface area contributed by atoms with E-state index in [0.29, 0.717) is 17.2 Å². The Morgan fingerprint density at radius 2 is 2.05 bits per heavy atom. The standard InChI is InChI=1S/C17H14ClNO2/c1-2-21-16-6-4-3-5-11(16)9-14-13-8-7-12(18)10-15(13)19-17(14)20/h3-10H,2H2,1H3,(H,19,20). The normalized spacial score (nSPS) is 15.0. The summed E-state index contributed by atoms with van der Waals surface area (Å²) in [6.07, 6.45) is 1.85. The lowest BCUT2D eigenvalue weighted by Crippen LogP contribution is -2.03. The zero-order chi connectivity index (χ0) is 14.8. The minimum Gasteiger partial charge on any atom is -0.493 e. The third kappa shape index (κ3) is 2.65. The molecule has 3 rings (SSSR count). The van der Waals surface area contributed by atoms with Crippen molar-refractivity contribution < 1.29 is 9.53 Å². The van der Waals surface area contributed by atoms with Crippen LogP contribution in [-0.2, 0) is 4.79 Å². The van der Waals surface area contributed by atoms with Crippen LogP contribution in [0.2, 0.25) is 5.02 Å². The number of carbonyl (C=O) groups excluding carboxylic acids is 1. The van der Waals surface area contributed by atoms with Gasteiger partial charge >= 0.3 is 0 Å². The molecule has 1 heterocycles. The Morgan fingerprint density at radius 1 is 1.24 bits per heavy atom. The molecule has 0 spiro atoms. The number of nitrogens with one attached hydrogen (secondary N) is 1. The number of halogens is 1. The molecule has 4 heteroatoms. The van der Waals surface area contributed by atoms with Gasteiger partial charge in [0.15, 0.2) is 0 Å². The fourth-order valence-corrected chi connectivity index (χ4v) is 2.52. The topological polar surface area (TPSA) is 38.3 Å². The quantitative estimate of drug-likeness (QED) is 0.861. The Hall–Kier alpha value is -2.26. The monoisotopic (exact) mass is 299 g/mol. The summed E-state index contributed by atoms with van der Waals surface area (Å²) in [7, 11) is 0. The minimum absolute atomic E-state index is 0.126. The zero-order valence-corrected chi connectivity index (χ0v) is 12.3. The molecule has 21 heavy (non-hydrogen) atoms. The number of hydrogen-bond donors (Lipinski definition) is 1. The molecule has 1 amide bonds. The van der Waals surface area contributed by atoms with E-state index in [0.717, 1.165) is 22.6 Å². The molecule has 0 saturated heterocycles. The zero-order valence-electron chi connectivity index (χ0n) is 11.5. The molecule has 2 aromatic carbocycles. The van der Waals surface area contributed by atoms with Gasteiger partial charge in [0, 0.05) is 21.7 Å². The molecular formula is C17H14ClNO2. The van der Waals surface area contributed by atoms with E-state index in [9.17, 15) is 4.79 Å². The van der Waals surface area contributed by atoms with Gasteiger partial charge in [-0.1, -0.05) is 35.9 Å². The fourth-order valence-electron chi connectivity index (χ4n) is 2.35. The molecule has 0 radical (unpaired) electrons. The van der Waals surface area contributed by atoms with E-state index >= 15 is 0 Å². The van der Waals surface area contributed by atoms with Crippen LogP contribution < -0.4 is 10.1 Å². The highest BCUT2D eigenvalue weighted by atomic mass is 35.5. The number of ether oxygens (including phenoxy) is 1. The molecule has 0 atom stereocenters. The lowest BCUT2D eigenvalue weighted by molar-refractivity contribution is -0.110. The number of carbonyl (C=O) groups is 1. The van der Waals surface area contributed by atoms with Crippen LogP contribution in [0.25, 0.3) is 11.6 Å². The maximum atomic E-state index is 12.2. The lowest BCUT2D eigenvalue weighted by atomic mass is 10.0. The molecule has 0 fully saturated rings. The molecule has 0 unspecified atom stereocenters. The first kappa shape index (κ1) is 13.7. The van der Waals surface area contributed by atoms with E-state index in [-0.39, 0.29) is 5.91 Å². The van der Waals surface area contributed by atoms with Gasteiger partial charge in [-0.3, -0.25) is 4.79 Å². The molecular weight excluding hydrogens is 286 g/mol. The third-order valence-electron chi connectivity index (χ3n) is 3.28. The average Bonchev–Trinajstić information content (AvgIpc) is 2.76. The highest BCUT2D eigenvalue weighted by Crippen LogP contribution is 2.36. The number of para-hydroxylation sites is 1. The molecule has 1 aliphatic heterocycles. The van der Waals surface area contributed by atoms with Crippen LogP contribution in [0.4, 0.5) is 5.69 Å². The van der Waals surface area contributed by atoms with Crippen molar-refractivity contribution in [3.8, 4) is 5.75 Å². The number of benzene rings is 2. The summed E-state index contributed by atoms with van der Waals surface area (Å²) in [5, 5.41) is 3.43. The summed E-state index contributed by atoms with van der Waals surface area (Å²) in [6.45, 7) is 2.52. The van der Waals surface area contributed by atoms with Gasteiger partial charge in [-0.15, -0.1) is 0 Å². The highest BCUT2D eigenvalue weighted by molar-refractivity contribution is 6.36. The SMILES string of the molecule is CCOc1ccccc1C=C1C(=O)Nc2cc(Cl)ccc21. The van der Waals surface area contributed by atoms with Gasteiger partial charge in [0.2, 0.25) is 0 Å². The van der Waals surface area contributed by atoms with E-state index in [1.54, 1.807) is 12.1 Å². The number of hydrogen-bond acceptors (Lipinski definition) is 2. The van der Waals surface area contributed by atoms with E-state index in [1.807, 2.05) is 43.3 Å². The van der Waals surface area contributed by atoms with E-state index in [4.69, 9.17) is 16.3 Å². The second-order valence-corrected chi connectivity index (χ2v) is 5.11. The van der Waals surface area contributed by atoms with Crippen molar-refractivity contribution in [2.75, 3.05) is 11.9 Å². The Balaban J connectivity index is 2.07. The van der Waals surface area contributed by atoms with Crippen LogP contribution in [0.15, 0.2) is 42.5 Å². The molecule has 3 nitrogen and oxygen atoms in total. The van der Waals surface area contributed by atoms with Gasteiger partial charge in [-0.25, -0.2) is 0 Å². The van der Waals surface area contributed by atoms with Crippen LogP contribution in [0.5, 0.6) is 5.75 Å². The fraction of sp³-hybridized carbons (Fsp3) is 0.118. The van der Waals surface area contributed by atoms with Crippen molar-refractivity contribution in [2.45, 2.75) is 6.92 Å². The summed E-state index contributed by atoms with van der Waals surface area (Å²) in [6, 6.07) is 13.0. The Kier molecular flexibility index (Phi) is 3.67. The van der Waals surface area contributed by atoms with Crippen molar-refractivity contribution in [1.82, 2.24) is 0 Å². The van der Waals surface area contributed by atoms with Crippen LogP contribution in [-0.4, -0.2) is 12.5 Å². The van der Waals surface area contributed by atoms with Crippen LogP contribution >= 0.6 is 11.6 Å². The third-order valence-corrected chi connectivity index (χ3v) is 3.52. The van der Waals surface area contributed by atoms with Gasteiger partial charge in [-0.05, 0) is 31.2 Å². The van der Waals surface area contributed by atoms with Gasteiger partial charge < -0.3 is 10.1 Å². The van der Waals surface area contributed by atoms with E-state index < -0.39 is 0 Å². The molecule has 0 saturated carbocycles. The van der Waals surface area contributed by atoms with Crippen molar-refractivity contribution in [2.24, 2.45) is 0 Å². The Morgan fingerprint density at radius 3 is 2.86 bits per heavy atom. The Bertz CT molecular complexity index is 737. The maximum absolute atomic E-state index is 12.2. The molecule has 1 aliphatic rings. The van der Waals surface area contributed by atoms with Crippen LogP contribution in [0, 0.1) is 0 Å². The largest absolute Gasteiger partial charge is 0.493 e. The molecule has 2 aromatic rings. The lowest BCUT2D eigenvalue weighted by Gasteiger charge is -2.07. The van der Waals surface area contributed by atoms with Crippen LogP contribution in [0.1, 0.15) is 18.1 Å². The summed E-state index contributed by atoms with van der Waals surface area (Å²) in [4.78, 5) is 12.2. The summed E-state index contributed by atoms with van der Waals surface area (Å²) in [5.41, 5.74) is 3.10. The molecule has 0 aliphatic carbocycles.